The van der Waals surface area contributed by atoms with Gasteiger partial charge in [-0.25, -0.2) is 4.98 Å². The van der Waals surface area contributed by atoms with Gasteiger partial charge in [-0.05, 0) is 27.2 Å². The molecule has 0 fully saturated rings. The molecule has 0 radical (unpaired) electrons. The quantitative estimate of drug-likeness (QED) is 0.801. The molecule has 0 atom stereocenters. The Labute approximate surface area is 98.5 Å². The van der Waals surface area contributed by atoms with Crippen molar-refractivity contribution in [3.8, 4) is 0 Å². The molecule has 0 aliphatic carbocycles. The van der Waals surface area contributed by atoms with E-state index in [4.69, 9.17) is 5.73 Å². The van der Waals surface area contributed by atoms with E-state index in [1.807, 2.05) is 0 Å². The standard InChI is InChI=1S/C12H24N4/c1-5-11-9-16(10(3)4)12(14-11)15(6-2)8-7-13/h9-10H,5-8,13H2,1-4H3. The van der Waals surface area contributed by atoms with Gasteiger partial charge in [0.25, 0.3) is 0 Å². The van der Waals surface area contributed by atoms with Crippen molar-refractivity contribution < 1.29 is 0 Å². The number of nitrogens with two attached hydrogens (primary N) is 1. The Hall–Kier alpha value is -1.03. The normalized spacial score (nSPS) is 11.1. The lowest BCUT2D eigenvalue weighted by Gasteiger charge is -2.23. The summed E-state index contributed by atoms with van der Waals surface area (Å²) in [7, 11) is 0. The molecule has 1 aromatic heterocycles. The van der Waals surface area contributed by atoms with Crippen LogP contribution in [-0.2, 0) is 6.42 Å². The molecule has 92 valence electrons. The molecule has 0 saturated heterocycles. The van der Waals surface area contributed by atoms with Crippen molar-refractivity contribution in [1.29, 1.82) is 0 Å². The number of hydrogen-bond donors (Lipinski definition) is 1. The number of anilines is 1. The van der Waals surface area contributed by atoms with Crippen molar-refractivity contribution in [3.63, 3.8) is 0 Å². The zero-order chi connectivity index (χ0) is 12.1. The zero-order valence-corrected chi connectivity index (χ0v) is 10.9. The summed E-state index contributed by atoms with van der Waals surface area (Å²) in [5.74, 6) is 1.06. The van der Waals surface area contributed by atoms with E-state index < -0.39 is 0 Å². The molecule has 4 nitrogen and oxygen atoms in total. The third-order valence-electron chi connectivity index (χ3n) is 2.74. The van der Waals surface area contributed by atoms with E-state index in [9.17, 15) is 0 Å². The summed E-state index contributed by atoms with van der Waals surface area (Å²) in [5, 5.41) is 0. The first-order valence-corrected chi connectivity index (χ1v) is 6.16. The first-order chi connectivity index (χ1) is 7.63. The van der Waals surface area contributed by atoms with E-state index in [1.54, 1.807) is 0 Å². The number of aromatic nitrogens is 2. The van der Waals surface area contributed by atoms with Crippen LogP contribution in [-0.4, -0.2) is 29.2 Å². The summed E-state index contributed by atoms with van der Waals surface area (Å²) < 4.78 is 2.23. The minimum Gasteiger partial charge on any atom is -0.341 e. The molecule has 16 heavy (non-hydrogen) atoms. The zero-order valence-electron chi connectivity index (χ0n) is 10.9. The van der Waals surface area contributed by atoms with E-state index in [0.29, 0.717) is 12.6 Å². The van der Waals surface area contributed by atoms with Crippen LogP contribution in [0, 0.1) is 0 Å². The number of likely N-dealkylation sites (N-methyl/N-ethyl adjacent to an activating group) is 1. The highest BCUT2D eigenvalue weighted by Crippen LogP contribution is 2.19. The van der Waals surface area contributed by atoms with Crippen LogP contribution in [0.2, 0.25) is 0 Å². The molecule has 0 saturated carbocycles. The molecular formula is C12H24N4. The monoisotopic (exact) mass is 224 g/mol. The summed E-state index contributed by atoms with van der Waals surface area (Å²) >= 11 is 0. The maximum atomic E-state index is 5.63. The van der Waals surface area contributed by atoms with Crippen LogP contribution < -0.4 is 10.6 Å². The number of hydrogen-bond acceptors (Lipinski definition) is 3. The van der Waals surface area contributed by atoms with E-state index in [1.165, 1.54) is 0 Å². The van der Waals surface area contributed by atoms with Gasteiger partial charge in [-0.3, -0.25) is 0 Å². The molecule has 0 bridgehead atoms. The third kappa shape index (κ3) is 2.76. The Balaban J connectivity index is 3.03. The minimum absolute atomic E-state index is 0.439. The summed E-state index contributed by atoms with van der Waals surface area (Å²) in [6, 6.07) is 0.439. The fourth-order valence-corrected chi connectivity index (χ4v) is 1.77. The highest BCUT2D eigenvalue weighted by molar-refractivity contribution is 5.34. The van der Waals surface area contributed by atoms with Gasteiger partial charge in [-0.2, -0.15) is 0 Å². The Bertz CT molecular complexity index is 317. The van der Waals surface area contributed by atoms with E-state index >= 15 is 0 Å². The molecule has 1 aromatic rings. The highest BCUT2D eigenvalue weighted by Gasteiger charge is 2.14. The Kier molecular flexibility index (Phi) is 4.80. The molecule has 0 amide bonds. The average molecular weight is 224 g/mol. The van der Waals surface area contributed by atoms with Crippen molar-refractivity contribution in [3.05, 3.63) is 11.9 Å². The van der Waals surface area contributed by atoms with Crippen LogP contribution >= 0.6 is 0 Å². The third-order valence-corrected chi connectivity index (χ3v) is 2.74. The molecule has 0 aliphatic rings. The van der Waals surface area contributed by atoms with Crippen LogP contribution in [0.25, 0.3) is 0 Å². The number of imidazole rings is 1. The lowest BCUT2D eigenvalue weighted by Crippen LogP contribution is -2.31. The van der Waals surface area contributed by atoms with E-state index in [0.717, 1.165) is 31.2 Å². The smallest absolute Gasteiger partial charge is 0.205 e. The van der Waals surface area contributed by atoms with E-state index in [2.05, 4.69) is 48.3 Å². The summed E-state index contributed by atoms with van der Waals surface area (Å²) in [4.78, 5) is 6.91. The summed E-state index contributed by atoms with van der Waals surface area (Å²) in [5.41, 5.74) is 6.78. The first kappa shape index (κ1) is 13.0. The second-order valence-electron chi connectivity index (χ2n) is 4.26. The van der Waals surface area contributed by atoms with Gasteiger partial charge in [-0.1, -0.05) is 6.92 Å². The van der Waals surface area contributed by atoms with Gasteiger partial charge in [0.05, 0.1) is 5.69 Å². The maximum Gasteiger partial charge on any atom is 0.205 e. The number of nitrogens with zero attached hydrogens (tertiary/aromatic N) is 3. The molecule has 0 aromatic carbocycles. The molecule has 0 aliphatic heterocycles. The SMILES string of the molecule is CCc1cn(C(C)C)c(N(CC)CCN)n1. The molecular weight excluding hydrogens is 200 g/mol. The van der Waals surface area contributed by atoms with Gasteiger partial charge in [0.15, 0.2) is 0 Å². The Morgan fingerprint density at radius 1 is 1.44 bits per heavy atom. The van der Waals surface area contributed by atoms with Crippen molar-refractivity contribution in [2.45, 2.75) is 40.2 Å². The molecule has 2 N–H and O–H groups in total. The minimum atomic E-state index is 0.439. The molecule has 4 heteroatoms. The van der Waals surface area contributed by atoms with Crippen LogP contribution in [0.5, 0.6) is 0 Å². The second kappa shape index (κ2) is 5.89. The van der Waals surface area contributed by atoms with Crippen LogP contribution in [0.4, 0.5) is 5.95 Å². The first-order valence-electron chi connectivity index (χ1n) is 6.16. The Morgan fingerprint density at radius 3 is 2.56 bits per heavy atom. The highest BCUT2D eigenvalue weighted by atomic mass is 15.3. The van der Waals surface area contributed by atoms with Crippen molar-refractivity contribution in [2.24, 2.45) is 5.73 Å². The molecule has 0 unspecified atom stereocenters. The number of aryl methyl sites for hydroxylation is 1. The lowest BCUT2D eigenvalue weighted by atomic mass is 10.3. The van der Waals surface area contributed by atoms with Gasteiger partial charge in [0, 0.05) is 31.9 Å². The number of rotatable bonds is 6. The second-order valence-corrected chi connectivity index (χ2v) is 4.26. The Morgan fingerprint density at radius 2 is 2.12 bits per heavy atom. The van der Waals surface area contributed by atoms with Gasteiger partial charge in [0.2, 0.25) is 5.95 Å². The van der Waals surface area contributed by atoms with Crippen LogP contribution in [0.3, 0.4) is 0 Å². The predicted octanol–water partition coefficient (Wildman–Crippen LogP) is 1.81. The summed E-state index contributed by atoms with van der Waals surface area (Å²) in [6.07, 6.45) is 3.13. The van der Waals surface area contributed by atoms with Crippen LogP contribution in [0.15, 0.2) is 6.20 Å². The van der Waals surface area contributed by atoms with E-state index in [-0.39, 0.29) is 0 Å². The van der Waals surface area contributed by atoms with Gasteiger partial charge >= 0.3 is 0 Å². The van der Waals surface area contributed by atoms with Crippen molar-refractivity contribution >= 4 is 5.95 Å². The van der Waals surface area contributed by atoms with Gasteiger partial charge in [-0.15, -0.1) is 0 Å². The summed E-state index contributed by atoms with van der Waals surface area (Å²) in [6.45, 7) is 11.1. The fourth-order valence-electron chi connectivity index (χ4n) is 1.77. The average Bonchev–Trinajstić information content (AvgIpc) is 2.69. The van der Waals surface area contributed by atoms with Crippen molar-refractivity contribution in [2.75, 3.05) is 24.5 Å². The molecule has 0 spiro atoms. The largest absolute Gasteiger partial charge is 0.341 e. The molecule has 1 rings (SSSR count). The lowest BCUT2D eigenvalue weighted by molar-refractivity contribution is 0.585. The topological polar surface area (TPSA) is 47.1 Å². The van der Waals surface area contributed by atoms with Crippen molar-refractivity contribution in [1.82, 2.24) is 9.55 Å². The maximum absolute atomic E-state index is 5.63. The van der Waals surface area contributed by atoms with Gasteiger partial charge < -0.3 is 15.2 Å². The van der Waals surface area contributed by atoms with Gasteiger partial charge in [0.1, 0.15) is 0 Å². The predicted molar refractivity (Wildman–Crippen MR) is 68.9 cm³/mol. The fraction of sp³-hybridized carbons (Fsp3) is 0.750. The van der Waals surface area contributed by atoms with Crippen LogP contribution in [0.1, 0.15) is 39.4 Å². The molecule has 1 heterocycles.